The number of H-pyrrole nitrogens is 1. The fourth-order valence-corrected chi connectivity index (χ4v) is 2.27. The van der Waals surface area contributed by atoms with Crippen LogP contribution in [0.3, 0.4) is 0 Å². The number of benzene rings is 1. The third-order valence-electron chi connectivity index (χ3n) is 2.02. The highest BCUT2D eigenvalue weighted by atomic mass is 32.2. The van der Waals surface area contributed by atoms with Gasteiger partial charge in [-0.25, -0.2) is 21.6 Å². The van der Waals surface area contributed by atoms with Crippen molar-refractivity contribution < 1.29 is 21.6 Å². The van der Waals surface area contributed by atoms with Crippen molar-refractivity contribution in [3.8, 4) is 0 Å². The molecule has 18 heavy (non-hydrogen) atoms. The van der Waals surface area contributed by atoms with Crippen molar-refractivity contribution in [3.05, 3.63) is 42.0 Å². The van der Waals surface area contributed by atoms with E-state index in [0.29, 0.717) is 12.1 Å². The molecule has 0 saturated carbocycles. The van der Waals surface area contributed by atoms with Gasteiger partial charge in [-0.2, -0.15) is 5.10 Å². The SMILES string of the molecule is O=S(=O)(Nc1cn[nH]c1)c1cc(F)c(F)c(F)c1. The van der Waals surface area contributed by atoms with Gasteiger partial charge in [0.15, 0.2) is 17.5 Å². The minimum Gasteiger partial charge on any atom is -0.284 e. The Morgan fingerprint density at radius 2 is 1.78 bits per heavy atom. The Kier molecular flexibility index (Phi) is 2.99. The van der Waals surface area contributed by atoms with Gasteiger partial charge in [0.25, 0.3) is 10.0 Å². The van der Waals surface area contributed by atoms with Gasteiger partial charge in [-0.1, -0.05) is 0 Å². The van der Waals surface area contributed by atoms with Crippen LogP contribution >= 0.6 is 0 Å². The number of hydrogen-bond acceptors (Lipinski definition) is 3. The number of aromatic amines is 1. The third kappa shape index (κ3) is 2.30. The van der Waals surface area contributed by atoms with Crippen LogP contribution in [0.25, 0.3) is 0 Å². The molecule has 0 atom stereocenters. The molecular formula is C9H6F3N3O2S. The van der Waals surface area contributed by atoms with E-state index in [4.69, 9.17) is 0 Å². The van der Waals surface area contributed by atoms with Crippen LogP contribution in [0.4, 0.5) is 18.9 Å². The Hall–Kier alpha value is -2.03. The summed E-state index contributed by atoms with van der Waals surface area (Å²) in [6.07, 6.45) is 2.39. The maximum Gasteiger partial charge on any atom is 0.262 e. The molecule has 2 N–H and O–H groups in total. The van der Waals surface area contributed by atoms with Crippen LogP contribution in [0.1, 0.15) is 0 Å². The lowest BCUT2D eigenvalue weighted by Crippen LogP contribution is -2.13. The second-order valence-corrected chi connectivity index (χ2v) is 4.98. The Bertz CT molecular complexity index is 647. The maximum absolute atomic E-state index is 12.9. The van der Waals surface area contributed by atoms with Crippen LogP contribution in [-0.4, -0.2) is 18.6 Å². The van der Waals surface area contributed by atoms with E-state index in [1.807, 2.05) is 4.72 Å². The Balaban J connectivity index is 2.42. The molecule has 2 rings (SSSR count). The van der Waals surface area contributed by atoms with Gasteiger partial charge in [-0.05, 0) is 12.1 Å². The minimum atomic E-state index is -4.20. The normalized spacial score (nSPS) is 11.5. The first kappa shape index (κ1) is 12.4. The summed E-state index contributed by atoms with van der Waals surface area (Å²) >= 11 is 0. The lowest BCUT2D eigenvalue weighted by atomic mass is 10.3. The number of nitrogens with one attached hydrogen (secondary N) is 2. The summed E-state index contributed by atoms with van der Waals surface area (Å²) in [6.45, 7) is 0. The van der Waals surface area contributed by atoms with E-state index < -0.39 is 32.4 Å². The van der Waals surface area contributed by atoms with Crippen LogP contribution in [0, 0.1) is 17.5 Å². The monoisotopic (exact) mass is 277 g/mol. The van der Waals surface area contributed by atoms with E-state index in [-0.39, 0.29) is 5.69 Å². The average molecular weight is 277 g/mol. The molecule has 2 aromatic rings. The van der Waals surface area contributed by atoms with Gasteiger partial charge in [0.2, 0.25) is 0 Å². The fourth-order valence-electron chi connectivity index (χ4n) is 1.21. The van der Waals surface area contributed by atoms with Gasteiger partial charge < -0.3 is 0 Å². The summed E-state index contributed by atoms with van der Waals surface area (Å²) in [5.74, 6) is -4.89. The summed E-state index contributed by atoms with van der Waals surface area (Å²) < 4.78 is 64.0. The molecule has 0 bridgehead atoms. The Morgan fingerprint density at radius 3 is 2.28 bits per heavy atom. The summed E-state index contributed by atoms with van der Waals surface area (Å²) in [4.78, 5) is -0.722. The molecule has 0 radical (unpaired) electrons. The molecule has 0 fully saturated rings. The number of hydrogen-bond donors (Lipinski definition) is 2. The van der Waals surface area contributed by atoms with Crippen LogP contribution in [0.2, 0.25) is 0 Å². The van der Waals surface area contributed by atoms with Crippen molar-refractivity contribution in [3.63, 3.8) is 0 Å². The molecule has 1 aromatic carbocycles. The summed E-state index contributed by atoms with van der Waals surface area (Å²) in [7, 11) is -4.20. The van der Waals surface area contributed by atoms with Crippen LogP contribution in [0.15, 0.2) is 29.4 Å². The smallest absolute Gasteiger partial charge is 0.262 e. The number of nitrogens with zero attached hydrogens (tertiary/aromatic N) is 1. The molecule has 0 spiro atoms. The largest absolute Gasteiger partial charge is 0.284 e. The van der Waals surface area contributed by atoms with E-state index in [0.717, 1.165) is 6.20 Å². The number of anilines is 1. The lowest BCUT2D eigenvalue weighted by molar-refractivity contribution is 0.442. The van der Waals surface area contributed by atoms with Crippen LogP contribution in [0.5, 0.6) is 0 Å². The van der Waals surface area contributed by atoms with Crippen LogP contribution in [-0.2, 0) is 10.0 Å². The van der Waals surface area contributed by atoms with Crippen molar-refractivity contribution in [1.29, 1.82) is 0 Å². The minimum absolute atomic E-state index is 0.0835. The van der Waals surface area contributed by atoms with Gasteiger partial charge in [0.05, 0.1) is 16.8 Å². The molecule has 0 unspecified atom stereocenters. The fraction of sp³-hybridized carbons (Fsp3) is 0. The first-order valence-electron chi connectivity index (χ1n) is 4.56. The quantitative estimate of drug-likeness (QED) is 0.837. The van der Waals surface area contributed by atoms with E-state index in [2.05, 4.69) is 10.2 Å². The predicted molar refractivity (Wildman–Crippen MR) is 55.7 cm³/mol. The Morgan fingerprint density at radius 1 is 1.17 bits per heavy atom. The van der Waals surface area contributed by atoms with Gasteiger partial charge >= 0.3 is 0 Å². The second kappa shape index (κ2) is 4.33. The van der Waals surface area contributed by atoms with Crippen molar-refractivity contribution in [1.82, 2.24) is 10.2 Å². The standard InChI is InChI=1S/C9H6F3N3O2S/c10-7-1-6(2-8(11)9(7)12)18(16,17)15-5-3-13-14-4-5/h1-4,15H,(H,13,14). The number of rotatable bonds is 3. The predicted octanol–water partition coefficient (Wildman–Crippen LogP) is 1.63. The van der Waals surface area contributed by atoms with Gasteiger partial charge in [0.1, 0.15) is 0 Å². The van der Waals surface area contributed by atoms with Crippen molar-refractivity contribution >= 4 is 15.7 Å². The summed E-state index contributed by atoms with van der Waals surface area (Å²) in [5, 5.41) is 5.84. The molecule has 96 valence electrons. The first-order chi connectivity index (χ1) is 8.40. The molecule has 0 saturated heterocycles. The Labute approximate surface area is 99.7 Å². The highest BCUT2D eigenvalue weighted by Gasteiger charge is 2.20. The lowest BCUT2D eigenvalue weighted by Gasteiger charge is -2.06. The van der Waals surface area contributed by atoms with Gasteiger partial charge in [-0.15, -0.1) is 0 Å². The zero-order valence-corrected chi connectivity index (χ0v) is 9.43. The molecule has 0 aliphatic heterocycles. The number of halogens is 3. The van der Waals surface area contributed by atoms with E-state index in [1.165, 1.54) is 6.20 Å². The van der Waals surface area contributed by atoms with E-state index in [1.54, 1.807) is 0 Å². The highest BCUT2D eigenvalue weighted by Crippen LogP contribution is 2.19. The van der Waals surface area contributed by atoms with E-state index in [9.17, 15) is 21.6 Å². The molecule has 1 aromatic heterocycles. The molecule has 0 amide bonds. The molecule has 0 aliphatic rings. The molecule has 0 aliphatic carbocycles. The topological polar surface area (TPSA) is 74.8 Å². The molecule has 1 heterocycles. The second-order valence-electron chi connectivity index (χ2n) is 3.29. The van der Waals surface area contributed by atoms with Crippen molar-refractivity contribution in [2.75, 3.05) is 4.72 Å². The summed E-state index contributed by atoms with van der Waals surface area (Å²) in [5.41, 5.74) is 0.0835. The molecular weight excluding hydrogens is 271 g/mol. The number of sulfonamides is 1. The van der Waals surface area contributed by atoms with E-state index >= 15 is 0 Å². The molecule has 5 nitrogen and oxygen atoms in total. The van der Waals surface area contributed by atoms with Crippen molar-refractivity contribution in [2.24, 2.45) is 0 Å². The van der Waals surface area contributed by atoms with Gasteiger partial charge in [-0.3, -0.25) is 9.82 Å². The number of aromatic nitrogens is 2. The van der Waals surface area contributed by atoms with Gasteiger partial charge in [0, 0.05) is 6.20 Å². The average Bonchev–Trinajstić information content (AvgIpc) is 2.77. The zero-order valence-electron chi connectivity index (χ0n) is 8.62. The highest BCUT2D eigenvalue weighted by molar-refractivity contribution is 7.92. The third-order valence-corrected chi connectivity index (χ3v) is 3.38. The summed E-state index contributed by atoms with van der Waals surface area (Å²) in [6, 6.07) is 0.779. The van der Waals surface area contributed by atoms with Crippen LogP contribution < -0.4 is 4.72 Å². The molecule has 9 heteroatoms. The van der Waals surface area contributed by atoms with Crippen molar-refractivity contribution in [2.45, 2.75) is 4.90 Å². The zero-order chi connectivity index (χ0) is 13.3. The first-order valence-corrected chi connectivity index (χ1v) is 6.04. The maximum atomic E-state index is 12.9.